The van der Waals surface area contributed by atoms with Crippen LogP contribution < -0.4 is 5.32 Å². The molecule has 2 fully saturated rings. The van der Waals surface area contributed by atoms with E-state index in [9.17, 15) is 0 Å². The smallest absolute Gasteiger partial charge is 0.203 e. The van der Waals surface area contributed by atoms with Gasteiger partial charge >= 0.3 is 0 Å². The Hall–Kier alpha value is -0.990. The summed E-state index contributed by atoms with van der Waals surface area (Å²) in [6.07, 6.45) is 13.0. The van der Waals surface area contributed by atoms with E-state index in [2.05, 4.69) is 36.9 Å². The van der Waals surface area contributed by atoms with Gasteiger partial charge in [-0.25, -0.2) is 4.98 Å². The zero-order valence-electron chi connectivity index (χ0n) is 13.9. The summed E-state index contributed by atoms with van der Waals surface area (Å²) in [7, 11) is 0. The first-order chi connectivity index (χ1) is 10.1. The third-order valence-electron chi connectivity index (χ3n) is 5.53. The molecule has 0 saturated heterocycles. The number of aryl methyl sites for hydroxylation is 1. The number of imidazole rings is 1. The molecule has 21 heavy (non-hydrogen) atoms. The van der Waals surface area contributed by atoms with Gasteiger partial charge in [0.15, 0.2) is 0 Å². The van der Waals surface area contributed by atoms with Crippen LogP contribution in [0.15, 0.2) is 6.20 Å². The molecule has 0 aromatic carbocycles. The zero-order chi connectivity index (χ0) is 14.8. The van der Waals surface area contributed by atoms with Crippen LogP contribution in [0.4, 0.5) is 5.95 Å². The number of aromatic nitrogens is 2. The van der Waals surface area contributed by atoms with Crippen molar-refractivity contribution >= 4 is 5.95 Å². The zero-order valence-corrected chi connectivity index (χ0v) is 13.9. The van der Waals surface area contributed by atoms with Gasteiger partial charge in [-0.1, -0.05) is 33.1 Å². The number of nitrogens with one attached hydrogen (secondary N) is 1. The summed E-state index contributed by atoms with van der Waals surface area (Å²) in [6.45, 7) is 6.94. The lowest BCUT2D eigenvalue weighted by Crippen LogP contribution is -2.28. The third-order valence-corrected chi connectivity index (χ3v) is 5.53. The lowest BCUT2D eigenvalue weighted by atomic mass is 9.80. The Morgan fingerprint density at radius 3 is 2.57 bits per heavy atom. The van der Waals surface area contributed by atoms with Crippen molar-refractivity contribution in [1.29, 1.82) is 0 Å². The molecule has 3 atom stereocenters. The van der Waals surface area contributed by atoms with Gasteiger partial charge in [0.25, 0.3) is 0 Å². The Bertz CT molecular complexity index is 459. The van der Waals surface area contributed by atoms with E-state index in [0.29, 0.717) is 12.1 Å². The first kappa shape index (κ1) is 14.9. The molecule has 0 amide bonds. The Morgan fingerprint density at radius 2 is 1.86 bits per heavy atom. The average molecular weight is 289 g/mol. The third kappa shape index (κ3) is 3.44. The number of nitrogens with zero attached hydrogens (tertiary/aromatic N) is 2. The largest absolute Gasteiger partial charge is 0.353 e. The quantitative estimate of drug-likeness (QED) is 0.854. The van der Waals surface area contributed by atoms with Gasteiger partial charge in [-0.15, -0.1) is 0 Å². The molecule has 2 aliphatic carbocycles. The molecule has 0 aliphatic heterocycles. The fraction of sp³-hybridized carbons (Fsp3) is 0.833. The fourth-order valence-corrected chi connectivity index (χ4v) is 4.37. The van der Waals surface area contributed by atoms with Crippen LogP contribution >= 0.6 is 0 Å². The predicted octanol–water partition coefficient (Wildman–Crippen LogP) is 4.93. The first-order valence-electron chi connectivity index (χ1n) is 8.95. The summed E-state index contributed by atoms with van der Waals surface area (Å²) in [5.74, 6) is 2.77. The van der Waals surface area contributed by atoms with Crippen LogP contribution in [-0.4, -0.2) is 15.6 Å². The van der Waals surface area contributed by atoms with Gasteiger partial charge in [0.05, 0.1) is 5.69 Å². The molecule has 1 heterocycles. The maximum absolute atomic E-state index is 4.79. The van der Waals surface area contributed by atoms with Crippen LogP contribution in [0, 0.1) is 18.8 Å². The summed E-state index contributed by atoms with van der Waals surface area (Å²) < 4.78 is 2.46. The maximum atomic E-state index is 4.79. The van der Waals surface area contributed by atoms with Gasteiger partial charge in [0.2, 0.25) is 5.95 Å². The van der Waals surface area contributed by atoms with Crippen molar-refractivity contribution in [2.45, 2.75) is 84.2 Å². The molecule has 1 aromatic rings. The van der Waals surface area contributed by atoms with E-state index in [4.69, 9.17) is 4.98 Å². The highest BCUT2D eigenvalue weighted by Gasteiger charge is 2.29. The van der Waals surface area contributed by atoms with Crippen molar-refractivity contribution in [3.05, 3.63) is 11.9 Å². The molecule has 1 N–H and O–H groups in total. The van der Waals surface area contributed by atoms with Gasteiger partial charge in [0, 0.05) is 18.3 Å². The minimum Gasteiger partial charge on any atom is -0.353 e. The standard InChI is InChI=1S/C18H31N3/c1-13-9-10-17(14(2)11-13)21-12-15(3)19-18(21)20-16-7-5-4-6-8-16/h12-14,16-17H,4-11H2,1-3H3,(H,19,20). The molecule has 0 bridgehead atoms. The molecule has 2 saturated carbocycles. The topological polar surface area (TPSA) is 29.9 Å². The van der Waals surface area contributed by atoms with Crippen molar-refractivity contribution in [3.63, 3.8) is 0 Å². The van der Waals surface area contributed by atoms with Gasteiger partial charge < -0.3 is 9.88 Å². The SMILES string of the molecule is Cc1cn(C2CCC(C)CC2C)c(NC2CCCCC2)n1. The van der Waals surface area contributed by atoms with Crippen molar-refractivity contribution in [1.82, 2.24) is 9.55 Å². The summed E-state index contributed by atoms with van der Waals surface area (Å²) in [5, 5.41) is 3.75. The summed E-state index contributed by atoms with van der Waals surface area (Å²) in [4.78, 5) is 4.79. The Kier molecular flexibility index (Phi) is 4.56. The highest BCUT2D eigenvalue weighted by Crippen LogP contribution is 2.38. The summed E-state index contributed by atoms with van der Waals surface area (Å²) >= 11 is 0. The molecule has 118 valence electrons. The molecule has 0 radical (unpaired) electrons. The van der Waals surface area contributed by atoms with E-state index in [1.165, 1.54) is 51.4 Å². The highest BCUT2D eigenvalue weighted by atomic mass is 15.2. The van der Waals surface area contributed by atoms with E-state index in [0.717, 1.165) is 23.5 Å². The van der Waals surface area contributed by atoms with E-state index in [-0.39, 0.29) is 0 Å². The molecule has 2 aliphatic rings. The molecule has 0 spiro atoms. The van der Waals surface area contributed by atoms with Crippen molar-refractivity contribution in [2.24, 2.45) is 11.8 Å². The molecular weight excluding hydrogens is 258 g/mol. The summed E-state index contributed by atoms with van der Waals surface area (Å²) in [6, 6.07) is 1.27. The average Bonchev–Trinajstić information content (AvgIpc) is 2.80. The van der Waals surface area contributed by atoms with Crippen molar-refractivity contribution in [2.75, 3.05) is 5.32 Å². The second-order valence-electron chi connectivity index (χ2n) is 7.56. The Labute approximate surface area is 129 Å². The highest BCUT2D eigenvalue weighted by molar-refractivity contribution is 5.31. The van der Waals surface area contributed by atoms with E-state index in [1.807, 2.05) is 0 Å². The van der Waals surface area contributed by atoms with Crippen LogP contribution in [0.1, 0.15) is 76.9 Å². The molecule has 3 nitrogen and oxygen atoms in total. The van der Waals surface area contributed by atoms with Gasteiger partial charge in [-0.05, 0) is 50.9 Å². The van der Waals surface area contributed by atoms with E-state index < -0.39 is 0 Å². The van der Waals surface area contributed by atoms with Gasteiger partial charge in [0.1, 0.15) is 0 Å². The molecule has 3 rings (SSSR count). The Morgan fingerprint density at radius 1 is 1.10 bits per heavy atom. The second kappa shape index (κ2) is 6.41. The maximum Gasteiger partial charge on any atom is 0.203 e. The van der Waals surface area contributed by atoms with E-state index in [1.54, 1.807) is 0 Å². The second-order valence-corrected chi connectivity index (χ2v) is 7.56. The Balaban J connectivity index is 1.75. The predicted molar refractivity (Wildman–Crippen MR) is 88.7 cm³/mol. The van der Waals surface area contributed by atoms with E-state index >= 15 is 0 Å². The minimum absolute atomic E-state index is 0.633. The monoisotopic (exact) mass is 289 g/mol. The molecule has 3 unspecified atom stereocenters. The number of anilines is 1. The van der Waals surface area contributed by atoms with Crippen LogP contribution in [-0.2, 0) is 0 Å². The fourth-order valence-electron chi connectivity index (χ4n) is 4.37. The summed E-state index contributed by atoms with van der Waals surface area (Å²) in [5.41, 5.74) is 1.15. The molecule has 3 heteroatoms. The first-order valence-corrected chi connectivity index (χ1v) is 8.95. The van der Waals surface area contributed by atoms with Crippen LogP contribution in [0.2, 0.25) is 0 Å². The van der Waals surface area contributed by atoms with Crippen LogP contribution in [0.25, 0.3) is 0 Å². The molecule has 1 aromatic heterocycles. The number of hydrogen-bond acceptors (Lipinski definition) is 2. The van der Waals surface area contributed by atoms with Crippen molar-refractivity contribution in [3.8, 4) is 0 Å². The number of hydrogen-bond donors (Lipinski definition) is 1. The van der Waals surface area contributed by atoms with Gasteiger partial charge in [-0.2, -0.15) is 0 Å². The molecular formula is C18H31N3. The minimum atomic E-state index is 0.633. The van der Waals surface area contributed by atoms with Gasteiger partial charge in [-0.3, -0.25) is 0 Å². The normalized spacial score (nSPS) is 31.3. The lowest BCUT2D eigenvalue weighted by Gasteiger charge is -2.35. The number of rotatable bonds is 3. The van der Waals surface area contributed by atoms with Crippen molar-refractivity contribution < 1.29 is 0 Å². The van der Waals surface area contributed by atoms with Crippen LogP contribution in [0.3, 0.4) is 0 Å². The van der Waals surface area contributed by atoms with Crippen LogP contribution in [0.5, 0.6) is 0 Å². The lowest BCUT2D eigenvalue weighted by molar-refractivity contribution is 0.209.